The predicted octanol–water partition coefficient (Wildman–Crippen LogP) is 3.19. The molecule has 1 aromatic heterocycles. The van der Waals surface area contributed by atoms with Gasteiger partial charge in [0.1, 0.15) is 5.75 Å². The number of nitrogens with zero attached hydrogens (tertiary/aromatic N) is 1. The Labute approximate surface area is 105 Å². The molecule has 0 fully saturated rings. The van der Waals surface area contributed by atoms with Crippen LogP contribution in [0.1, 0.15) is 21.5 Å². The Kier molecular flexibility index (Phi) is 3.28. The summed E-state index contributed by atoms with van der Waals surface area (Å²) in [5, 5.41) is 8.76. The molecule has 18 heavy (non-hydrogen) atoms. The first-order chi connectivity index (χ1) is 8.56. The predicted molar refractivity (Wildman–Crippen MR) is 67.2 cm³/mol. The van der Waals surface area contributed by atoms with Crippen LogP contribution in [0.4, 0.5) is 0 Å². The summed E-state index contributed by atoms with van der Waals surface area (Å²) in [6.07, 6.45) is 1.28. The van der Waals surface area contributed by atoms with Crippen molar-refractivity contribution in [3.8, 4) is 11.6 Å². The van der Waals surface area contributed by atoms with E-state index in [1.54, 1.807) is 6.07 Å². The Morgan fingerprint density at radius 2 is 2.00 bits per heavy atom. The van der Waals surface area contributed by atoms with Crippen molar-refractivity contribution in [2.24, 2.45) is 0 Å². The van der Waals surface area contributed by atoms with Crippen LogP contribution in [0.2, 0.25) is 0 Å². The maximum absolute atomic E-state index is 10.7. The summed E-state index contributed by atoms with van der Waals surface area (Å²) < 4.78 is 5.59. The quantitative estimate of drug-likeness (QED) is 0.899. The molecule has 0 aliphatic rings. The molecular weight excluding hydrogens is 230 g/mol. The average molecular weight is 243 g/mol. The fraction of sp³-hybridized carbons (Fsp3) is 0.143. The first kappa shape index (κ1) is 12.1. The molecule has 1 heterocycles. The normalized spacial score (nSPS) is 10.1. The van der Waals surface area contributed by atoms with Crippen molar-refractivity contribution in [3.63, 3.8) is 0 Å². The van der Waals surface area contributed by atoms with Gasteiger partial charge in [-0.15, -0.1) is 0 Å². The van der Waals surface area contributed by atoms with Gasteiger partial charge in [0.05, 0.1) is 5.56 Å². The number of hydrogen-bond acceptors (Lipinski definition) is 3. The fourth-order valence-electron chi connectivity index (χ4n) is 1.59. The molecular formula is C14H13NO3. The van der Waals surface area contributed by atoms with E-state index in [-0.39, 0.29) is 5.56 Å². The third-order valence-electron chi connectivity index (χ3n) is 2.53. The standard InChI is InChI=1S/C14H13NO3/c1-9-3-5-12(10(2)7-9)18-13-6-4-11(8-15-13)14(16)17/h3-8H,1-2H3,(H,16,17). The highest BCUT2D eigenvalue weighted by atomic mass is 16.5. The van der Waals surface area contributed by atoms with Gasteiger partial charge in [-0.1, -0.05) is 17.7 Å². The van der Waals surface area contributed by atoms with Crippen LogP contribution in [-0.4, -0.2) is 16.1 Å². The highest BCUT2D eigenvalue weighted by Crippen LogP contribution is 2.24. The second kappa shape index (κ2) is 4.87. The highest BCUT2D eigenvalue weighted by molar-refractivity contribution is 5.87. The third kappa shape index (κ3) is 2.66. The van der Waals surface area contributed by atoms with Gasteiger partial charge in [-0.25, -0.2) is 9.78 Å². The topological polar surface area (TPSA) is 59.4 Å². The molecule has 0 unspecified atom stereocenters. The summed E-state index contributed by atoms with van der Waals surface area (Å²) in [4.78, 5) is 14.6. The van der Waals surface area contributed by atoms with Gasteiger partial charge in [0.25, 0.3) is 0 Å². The third-order valence-corrected chi connectivity index (χ3v) is 2.53. The number of aryl methyl sites for hydroxylation is 2. The molecule has 92 valence electrons. The molecule has 0 radical (unpaired) electrons. The number of aromatic carboxylic acids is 1. The Morgan fingerprint density at radius 1 is 1.22 bits per heavy atom. The molecule has 2 rings (SSSR count). The van der Waals surface area contributed by atoms with Crippen LogP contribution >= 0.6 is 0 Å². The number of rotatable bonds is 3. The van der Waals surface area contributed by atoms with Gasteiger partial charge in [-0.2, -0.15) is 0 Å². The van der Waals surface area contributed by atoms with Gasteiger partial charge >= 0.3 is 5.97 Å². The van der Waals surface area contributed by atoms with Crippen molar-refractivity contribution in [1.29, 1.82) is 0 Å². The fourth-order valence-corrected chi connectivity index (χ4v) is 1.59. The van der Waals surface area contributed by atoms with E-state index in [1.165, 1.54) is 12.3 Å². The van der Waals surface area contributed by atoms with Crippen LogP contribution in [0.3, 0.4) is 0 Å². The van der Waals surface area contributed by atoms with Crippen LogP contribution < -0.4 is 4.74 Å². The summed E-state index contributed by atoms with van der Waals surface area (Å²) in [5.41, 5.74) is 2.32. The molecule has 0 saturated carbocycles. The van der Waals surface area contributed by atoms with E-state index in [2.05, 4.69) is 4.98 Å². The lowest BCUT2D eigenvalue weighted by molar-refractivity contribution is 0.0696. The van der Waals surface area contributed by atoms with Crippen LogP contribution in [0.25, 0.3) is 0 Å². The lowest BCUT2D eigenvalue weighted by Crippen LogP contribution is -1.97. The maximum Gasteiger partial charge on any atom is 0.337 e. The minimum absolute atomic E-state index is 0.142. The largest absolute Gasteiger partial charge is 0.478 e. The lowest BCUT2D eigenvalue weighted by Gasteiger charge is -2.08. The number of ether oxygens (including phenoxy) is 1. The summed E-state index contributed by atoms with van der Waals surface area (Å²) in [7, 11) is 0. The van der Waals surface area contributed by atoms with Gasteiger partial charge < -0.3 is 9.84 Å². The van der Waals surface area contributed by atoms with Gasteiger partial charge in [0.2, 0.25) is 5.88 Å². The Hall–Kier alpha value is -2.36. The second-order valence-electron chi connectivity index (χ2n) is 4.06. The summed E-state index contributed by atoms with van der Waals surface area (Å²) in [5.74, 6) is 0.101. The van der Waals surface area contributed by atoms with E-state index >= 15 is 0 Å². The molecule has 0 aliphatic heterocycles. The van der Waals surface area contributed by atoms with E-state index < -0.39 is 5.97 Å². The Bertz CT molecular complexity index is 576. The smallest absolute Gasteiger partial charge is 0.337 e. The van der Waals surface area contributed by atoms with E-state index in [9.17, 15) is 4.79 Å². The number of carbonyl (C=O) groups is 1. The summed E-state index contributed by atoms with van der Waals surface area (Å²) in [6.45, 7) is 3.96. The van der Waals surface area contributed by atoms with E-state index in [0.29, 0.717) is 5.88 Å². The first-order valence-corrected chi connectivity index (χ1v) is 5.51. The monoisotopic (exact) mass is 243 g/mol. The summed E-state index contributed by atoms with van der Waals surface area (Å²) >= 11 is 0. The molecule has 0 atom stereocenters. The minimum atomic E-state index is -0.999. The molecule has 0 aliphatic carbocycles. The van der Waals surface area contributed by atoms with Crippen molar-refractivity contribution < 1.29 is 14.6 Å². The lowest BCUT2D eigenvalue weighted by atomic mass is 10.1. The van der Waals surface area contributed by atoms with Crippen LogP contribution in [0.15, 0.2) is 36.5 Å². The highest BCUT2D eigenvalue weighted by Gasteiger charge is 2.05. The number of benzene rings is 1. The molecule has 4 nitrogen and oxygen atoms in total. The summed E-state index contributed by atoms with van der Waals surface area (Å²) in [6, 6.07) is 8.85. The van der Waals surface area contributed by atoms with Crippen molar-refractivity contribution in [2.75, 3.05) is 0 Å². The molecule has 0 spiro atoms. The number of pyridine rings is 1. The van der Waals surface area contributed by atoms with Crippen LogP contribution in [-0.2, 0) is 0 Å². The molecule has 1 aromatic carbocycles. The van der Waals surface area contributed by atoms with E-state index in [1.807, 2.05) is 32.0 Å². The zero-order valence-corrected chi connectivity index (χ0v) is 10.2. The zero-order chi connectivity index (χ0) is 13.1. The number of aromatic nitrogens is 1. The van der Waals surface area contributed by atoms with Crippen molar-refractivity contribution in [3.05, 3.63) is 53.2 Å². The van der Waals surface area contributed by atoms with Crippen LogP contribution in [0, 0.1) is 13.8 Å². The Morgan fingerprint density at radius 3 is 2.56 bits per heavy atom. The minimum Gasteiger partial charge on any atom is -0.478 e. The second-order valence-corrected chi connectivity index (χ2v) is 4.06. The molecule has 0 saturated heterocycles. The number of carboxylic acids is 1. The van der Waals surface area contributed by atoms with Gasteiger partial charge in [-0.05, 0) is 31.5 Å². The van der Waals surface area contributed by atoms with Gasteiger partial charge in [0, 0.05) is 12.3 Å². The number of carboxylic acid groups (broad SMARTS) is 1. The molecule has 1 N–H and O–H groups in total. The van der Waals surface area contributed by atoms with Crippen molar-refractivity contribution >= 4 is 5.97 Å². The van der Waals surface area contributed by atoms with Crippen molar-refractivity contribution in [2.45, 2.75) is 13.8 Å². The average Bonchev–Trinajstić information content (AvgIpc) is 2.33. The SMILES string of the molecule is Cc1ccc(Oc2ccc(C(=O)O)cn2)c(C)c1. The number of hydrogen-bond donors (Lipinski definition) is 1. The van der Waals surface area contributed by atoms with Crippen molar-refractivity contribution in [1.82, 2.24) is 4.98 Å². The molecule has 0 bridgehead atoms. The van der Waals surface area contributed by atoms with E-state index in [0.717, 1.165) is 16.9 Å². The van der Waals surface area contributed by atoms with Gasteiger partial charge in [0.15, 0.2) is 0 Å². The molecule has 0 amide bonds. The maximum atomic E-state index is 10.7. The zero-order valence-electron chi connectivity index (χ0n) is 10.2. The first-order valence-electron chi connectivity index (χ1n) is 5.51. The van der Waals surface area contributed by atoms with Crippen LogP contribution in [0.5, 0.6) is 11.6 Å². The molecule has 4 heteroatoms. The van der Waals surface area contributed by atoms with Gasteiger partial charge in [-0.3, -0.25) is 0 Å². The molecule has 2 aromatic rings. The Balaban J connectivity index is 2.21. The van der Waals surface area contributed by atoms with E-state index in [4.69, 9.17) is 9.84 Å².